The predicted octanol–water partition coefficient (Wildman–Crippen LogP) is 2.90. The van der Waals surface area contributed by atoms with Gasteiger partial charge in [0.25, 0.3) is 0 Å². The number of nitrogens with zero attached hydrogens (tertiary/aromatic N) is 2. The molecule has 7 nitrogen and oxygen atoms in total. The van der Waals surface area contributed by atoms with Crippen LogP contribution in [0.2, 0.25) is 0 Å². The van der Waals surface area contributed by atoms with Crippen molar-refractivity contribution in [1.82, 2.24) is 9.97 Å². The molecule has 2 aromatic carbocycles. The second kappa shape index (κ2) is 7.26. The maximum atomic E-state index is 12.8. The summed E-state index contributed by atoms with van der Waals surface area (Å²) in [5.41, 5.74) is 0.990. The topological polar surface area (TPSA) is 79.8 Å². The van der Waals surface area contributed by atoms with Crippen molar-refractivity contribution in [2.45, 2.75) is 0 Å². The van der Waals surface area contributed by atoms with E-state index in [0.717, 1.165) is 5.39 Å². The quantitative estimate of drug-likeness (QED) is 0.630. The largest absolute Gasteiger partial charge is 0.497 e. The fourth-order valence-electron chi connectivity index (χ4n) is 2.59. The number of hydrogen-bond acceptors (Lipinski definition) is 7. The number of ketones is 1. The number of benzene rings is 2. The Morgan fingerprint density at radius 2 is 1.58 bits per heavy atom. The zero-order chi connectivity index (χ0) is 18.7. The lowest BCUT2D eigenvalue weighted by Gasteiger charge is -2.13. The van der Waals surface area contributed by atoms with Gasteiger partial charge in [-0.1, -0.05) is 0 Å². The molecule has 0 unspecified atom stereocenters. The summed E-state index contributed by atoms with van der Waals surface area (Å²) >= 11 is 0. The Balaban J connectivity index is 2.05. The van der Waals surface area contributed by atoms with Gasteiger partial charge in [-0.2, -0.15) is 0 Å². The smallest absolute Gasteiger partial charge is 0.230 e. The summed E-state index contributed by atoms with van der Waals surface area (Å²) in [5, 5.41) is 0.783. The van der Waals surface area contributed by atoms with Crippen LogP contribution in [0, 0.1) is 0 Å². The van der Waals surface area contributed by atoms with Crippen LogP contribution in [0.15, 0.2) is 36.5 Å². The Labute approximate surface area is 150 Å². The molecule has 0 aliphatic rings. The van der Waals surface area contributed by atoms with Crippen LogP contribution < -0.4 is 18.9 Å². The Morgan fingerprint density at radius 3 is 2.15 bits per heavy atom. The molecule has 0 bridgehead atoms. The summed E-state index contributed by atoms with van der Waals surface area (Å²) in [7, 11) is 6.07. The highest BCUT2D eigenvalue weighted by Gasteiger charge is 2.20. The van der Waals surface area contributed by atoms with Gasteiger partial charge in [0.05, 0.1) is 34.0 Å². The van der Waals surface area contributed by atoms with E-state index in [1.807, 2.05) is 6.07 Å². The molecule has 0 amide bonds. The molecule has 0 saturated heterocycles. The molecule has 7 heteroatoms. The molecule has 0 aliphatic carbocycles. The van der Waals surface area contributed by atoms with E-state index in [1.165, 1.54) is 21.3 Å². The molecule has 0 fully saturated rings. The van der Waals surface area contributed by atoms with E-state index < -0.39 is 0 Å². The molecule has 134 valence electrons. The van der Waals surface area contributed by atoms with E-state index in [1.54, 1.807) is 37.6 Å². The molecule has 0 saturated carbocycles. The van der Waals surface area contributed by atoms with Crippen LogP contribution >= 0.6 is 0 Å². The Morgan fingerprint density at radius 1 is 0.885 bits per heavy atom. The molecular formula is C19H18N2O5. The van der Waals surface area contributed by atoms with Gasteiger partial charge in [0.1, 0.15) is 5.75 Å². The number of rotatable bonds is 6. The zero-order valence-electron chi connectivity index (χ0n) is 14.9. The SMILES string of the molecule is COc1ccc2nc(C(=O)c3cc(OC)c(OC)c(OC)c3)ncc2c1. The predicted molar refractivity (Wildman–Crippen MR) is 95.6 cm³/mol. The third-order valence-electron chi connectivity index (χ3n) is 3.92. The molecule has 0 N–H and O–H groups in total. The normalized spacial score (nSPS) is 10.5. The van der Waals surface area contributed by atoms with E-state index in [9.17, 15) is 4.79 Å². The van der Waals surface area contributed by atoms with Crippen molar-refractivity contribution in [3.63, 3.8) is 0 Å². The van der Waals surface area contributed by atoms with E-state index in [0.29, 0.717) is 34.1 Å². The monoisotopic (exact) mass is 354 g/mol. The summed E-state index contributed by atoms with van der Waals surface area (Å²) in [6, 6.07) is 8.52. The number of methoxy groups -OCH3 is 4. The standard InChI is InChI=1S/C19H18N2O5/c1-23-13-5-6-14-12(7-13)10-20-19(21-14)17(22)11-8-15(24-2)18(26-4)16(9-11)25-3/h5-10H,1-4H3. The van der Waals surface area contributed by atoms with Gasteiger partial charge < -0.3 is 18.9 Å². The highest BCUT2D eigenvalue weighted by atomic mass is 16.5. The Bertz CT molecular complexity index is 946. The number of hydrogen-bond donors (Lipinski definition) is 0. The molecule has 1 aromatic heterocycles. The second-order valence-electron chi connectivity index (χ2n) is 5.36. The minimum Gasteiger partial charge on any atom is -0.497 e. The fourth-order valence-corrected chi connectivity index (χ4v) is 2.59. The van der Waals surface area contributed by atoms with Crippen molar-refractivity contribution in [2.75, 3.05) is 28.4 Å². The van der Waals surface area contributed by atoms with Crippen molar-refractivity contribution in [3.8, 4) is 23.0 Å². The number of carbonyl (C=O) groups is 1. The number of ether oxygens (including phenoxy) is 4. The first-order chi connectivity index (χ1) is 12.6. The second-order valence-corrected chi connectivity index (χ2v) is 5.36. The highest BCUT2D eigenvalue weighted by molar-refractivity contribution is 6.08. The minimum atomic E-state index is -0.345. The molecule has 3 aromatic rings. The maximum absolute atomic E-state index is 12.8. The average molecular weight is 354 g/mol. The van der Waals surface area contributed by atoms with Crippen LogP contribution in [-0.2, 0) is 0 Å². The first kappa shape index (κ1) is 17.5. The van der Waals surface area contributed by atoms with Gasteiger partial charge >= 0.3 is 0 Å². The first-order valence-corrected chi connectivity index (χ1v) is 7.76. The van der Waals surface area contributed by atoms with Gasteiger partial charge in [-0.05, 0) is 30.3 Å². The van der Waals surface area contributed by atoms with Crippen LogP contribution in [0.1, 0.15) is 16.2 Å². The molecule has 26 heavy (non-hydrogen) atoms. The molecule has 0 aliphatic heterocycles. The van der Waals surface area contributed by atoms with Gasteiger partial charge in [-0.15, -0.1) is 0 Å². The minimum absolute atomic E-state index is 0.0805. The first-order valence-electron chi connectivity index (χ1n) is 7.76. The number of fused-ring (bicyclic) bond motifs is 1. The van der Waals surface area contributed by atoms with Crippen molar-refractivity contribution in [2.24, 2.45) is 0 Å². The fraction of sp³-hybridized carbons (Fsp3) is 0.211. The van der Waals surface area contributed by atoms with Crippen molar-refractivity contribution in [1.29, 1.82) is 0 Å². The van der Waals surface area contributed by atoms with Gasteiger partial charge in [0, 0.05) is 17.1 Å². The van der Waals surface area contributed by atoms with Crippen LogP contribution in [0.25, 0.3) is 10.9 Å². The third-order valence-corrected chi connectivity index (χ3v) is 3.92. The lowest BCUT2D eigenvalue weighted by molar-refractivity contribution is 0.102. The maximum Gasteiger partial charge on any atom is 0.230 e. The zero-order valence-corrected chi connectivity index (χ0v) is 14.9. The molecular weight excluding hydrogens is 336 g/mol. The van der Waals surface area contributed by atoms with Gasteiger partial charge in [-0.25, -0.2) is 9.97 Å². The van der Waals surface area contributed by atoms with E-state index in [-0.39, 0.29) is 11.6 Å². The van der Waals surface area contributed by atoms with Crippen molar-refractivity contribution in [3.05, 3.63) is 47.9 Å². The summed E-state index contributed by atoms with van der Waals surface area (Å²) in [5.74, 6) is 1.63. The van der Waals surface area contributed by atoms with Crippen LogP contribution in [0.4, 0.5) is 0 Å². The van der Waals surface area contributed by atoms with Crippen LogP contribution in [0.3, 0.4) is 0 Å². The lowest BCUT2D eigenvalue weighted by Crippen LogP contribution is -2.08. The Kier molecular flexibility index (Phi) is 4.88. The van der Waals surface area contributed by atoms with Crippen LogP contribution in [-0.4, -0.2) is 44.2 Å². The number of aromatic nitrogens is 2. The molecule has 1 heterocycles. The van der Waals surface area contributed by atoms with E-state index in [4.69, 9.17) is 18.9 Å². The van der Waals surface area contributed by atoms with Gasteiger partial charge in [-0.3, -0.25) is 4.79 Å². The molecule has 0 radical (unpaired) electrons. The van der Waals surface area contributed by atoms with Crippen molar-refractivity contribution >= 4 is 16.7 Å². The summed E-state index contributed by atoms with van der Waals surface area (Å²) in [6.07, 6.45) is 1.59. The third kappa shape index (κ3) is 3.11. The highest BCUT2D eigenvalue weighted by Crippen LogP contribution is 2.38. The molecule has 0 spiro atoms. The lowest BCUT2D eigenvalue weighted by atomic mass is 10.1. The van der Waals surface area contributed by atoms with Gasteiger partial charge in [0.2, 0.25) is 17.4 Å². The molecule has 3 rings (SSSR count). The van der Waals surface area contributed by atoms with Crippen LogP contribution in [0.5, 0.6) is 23.0 Å². The summed E-state index contributed by atoms with van der Waals surface area (Å²) < 4.78 is 21.0. The molecule has 0 atom stereocenters. The van der Waals surface area contributed by atoms with E-state index in [2.05, 4.69) is 9.97 Å². The Hall–Kier alpha value is -3.35. The van der Waals surface area contributed by atoms with Crippen molar-refractivity contribution < 1.29 is 23.7 Å². The van der Waals surface area contributed by atoms with E-state index >= 15 is 0 Å². The number of carbonyl (C=O) groups excluding carboxylic acids is 1. The van der Waals surface area contributed by atoms with Gasteiger partial charge in [0.15, 0.2) is 11.5 Å². The summed E-state index contributed by atoms with van der Waals surface area (Å²) in [6.45, 7) is 0. The summed E-state index contributed by atoms with van der Waals surface area (Å²) in [4.78, 5) is 21.4. The average Bonchev–Trinajstić information content (AvgIpc) is 2.71.